The summed E-state index contributed by atoms with van der Waals surface area (Å²) in [6.45, 7) is 0. The second-order valence-electron chi connectivity index (χ2n) is 6.15. The average molecular weight is 493 g/mol. The summed E-state index contributed by atoms with van der Waals surface area (Å²) in [6.07, 6.45) is 1.37. The first-order chi connectivity index (χ1) is 14.3. The monoisotopic (exact) mass is 492 g/mol. The van der Waals surface area contributed by atoms with Crippen LogP contribution in [0, 0.1) is 17.0 Å². The quantitative estimate of drug-likeness (QED) is 0.338. The Balaban J connectivity index is 1.88. The van der Waals surface area contributed by atoms with Crippen LogP contribution in [0.5, 0.6) is 0 Å². The van der Waals surface area contributed by atoms with Gasteiger partial charge in [-0.1, -0.05) is 30.3 Å². The second kappa shape index (κ2) is 9.23. The maximum absolute atomic E-state index is 14.9. The molecule has 30 heavy (non-hydrogen) atoms. The Morgan fingerprint density at radius 1 is 1.20 bits per heavy atom. The van der Waals surface area contributed by atoms with Crippen molar-refractivity contribution in [1.29, 1.82) is 5.41 Å². The van der Waals surface area contributed by atoms with Gasteiger partial charge in [-0.3, -0.25) is 10.2 Å². The molecule has 154 valence electrons. The number of rotatable bonds is 7. The minimum Gasteiger partial charge on any atom is -0.383 e. The second-order valence-corrected chi connectivity index (χ2v) is 8.25. The molecule has 1 atom stereocenters. The van der Waals surface area contributed by atoms with Crippen molar-refractivity contribution in [2.24, 2.45) is 0 Å². The normalized spacial score (nSPS) is 11.7. The van der Waals surface area contributed by atoms with Crippen LogP contribution >= 0.6 is 15.9 Å². The van der Waals surface area contributed by atoms with Crippen LogP contribution in [-0.2, 0) is 16.7 Å². The summed E-state index contributed by atoms with van der Waals surface area (Å²) >= 11 is 3.15. The first-order valence-corrected chi connectivity index (χ1v) is 10.6. The number of halogens is 3. The highest BCUT2D eigenvalue weighted by molar-refractivity contribution is 9.10. The van der Waals surface area contributed by atoms with E-state index < -0.39 is 39.7 Å². The number of hydrogen-bond acceptors (Lipinski definition) is 5. The van der Waals surface area contributed by atoms with Gasteiger partial charge in [-0.05, 0) is 39.7 Å². The number of aromatic nitrogens is 1. The summed E-state index contributed by atoms with van der Waals surface area (Å²) in [5.41, 5.74) is 4.39. The lowest BCUT2D eigenvalue weighted by atomic mass is 10.00. The molecule has 0 aliphatic carbocycles. The largest absolute Gasteiger partial charge is 0.383 e. The van der Waals surface area contributed by atoms with Gasteiger partial charge in [0.1, 0.15) is 28.3 Å². The number of nitrogen functional groups attached to an aromatic ring is 1. The topological polar surface area (TPSA) is 109 Å². The number of nitrogens with two attached hydrogens (primary N) is 1. The Kier molecular flexibility index (Phi) is 6.68. The number of anilines is 2. The number of carbonyl (C=O) groups excluding carboxylic acids is 1. The van der Waals surface area contributed by atoms with Gasteiger partial charge < -0.3 is 10.5 Å². The molecule has 3 rings (SSSR count). The van der Waals surface area contributed by atoms with E-state index in [1.54, 1.807) is 30.3 Å². The highest BCUT2D eigenvalue weighted by Crippen LogP contribution is 2.25. The zero-order valence-corrected chi connectivity index (χ0v) is 17.7. The van der Waals surface area contributed by atoms with Crippen LogP contribution in [-0.4, -0.2) is 20.7 Å². The average Bonchev–Trinajstić information content (AvgIpc) is 2.72. The molecule has 0 fully saturated rings. The number of Topliss-reactive ketones (excluding diaryl/α,β-unsaturated/α-hetero) is 1. The lowest BCUT2D eigenvalue weighted by Gasteiger charge is -2.12. The van der Waals surface area contributed by atoms with Crippen molar-refractivity contribution in [3.63, 3.8) is 0 Å². The molecule has 0 amide bonds. The SMILES string of the molecule is N=C(C(=O)c1c(F)ccc(NS(=O)Cc2ccccc2)c1F)c1cc(Br)cnc1N. The molecule has 0 spiro atoms. The maximum atomic E-state index is 14.9. The molecular weight excluding hydrogens is 478 g/mol. The van der Waals surface area contributed by atoms with Crippen LogP contribution in [0.2, 0.25) is 0 Å². The van der Waals surface area contributed by atoms with Gasteiger partial charge in [-0.25, -0.2) is 18.0 Å². The number of nitrogens with one attached hydrogen (secondary N) is 2. The molecular formula is C20H15BrF2N4O2S. The van der Waals surface area contributed by atoms with Crippen LogP contribution in [0.25, 0.3) is 0 Å². The van der Waals surface area contributed by atoms with E-state index in [4.69, 9.17) is 11.1 Å². The summed E-state index contributed by atoms with van der Waals surface area (Å²) < 4.78 is 44.4. The molecule has 1 aromatic heterocycles. The minimum absolute atomic E-state index is 0.0702. The van der Waals surface area contributed by atoms with Crippen molar-refractivity contribution >= 4 is 49.9 Å². The van der Waals surface area contributed by atoms with Gasteiger partial charge in [0.15, 0.2) is 5.82 Å². The molecule has 4 N–H and O–H groups in total. The first-order valence-electron chi connectivity index (χ1n) is 8.49. The fraction of sp³-hybridized carbons (Fsp3) is 0.0500. The van der Waals surface area contributed by atoms with Gasteiger partial charge in [0.2, 0.25) is 5.78 Å². The number of ketones is 1. The molecule has 3 aromatic rings. The Labute approximate surface area is 181 Å². The Morgan fingerprint density at radius 2 is 1.90 bits per heavy atom. The number of benzene rings is 2. The molecule has 1 unspecified atom stereocenters. The molecule has 0 saturated carbocycles. The zero-order chi connectivity index (χ0) is 21.8. The van der Waals surface area contributed by atoms with Crippen molar-refractivity contribution in [3.8, 4) is 0 Å². The van der Waals surface area contributed by atoms with Crippen LogP contribution in [0.1, 0.15) is 21.5 Å². The zero-order valence-electron chi connectivity index (χ0n) is 15.3. The number of carbonyl (C=O) groups is 1. The van der Waals surface area contributed by atoms with Crippen LogP contribution in [0.15, 0.2) is 59.2 Å². The molecule has 1 heterocycles. The van der Waals surface area contributed by atoms with E-state index in [1.165, 1.54) is 12.3 Å². The van der Waals surface area contributed by atoms with Crippen molar-refractivity contribution in [1.82, 2.24) is 4.98 Å². The summed E-state index contributed by atoms with van der Waals surface area (Å²) in [7, 11) is -1.73. The third-order valence-corrected chi connectivity index (χ3v) is 5.54. The molecule has 10 heteroatoms. The van der Waals surface area contributed by atoms with E-state index in [2.05, 4.69) is 25.6 Å². The Morgan fingerprint density at radius 3 is 2.60 bits per heavy atom. The molecule has 0 aliphatic rings. The molecule has 0 bridgehead atoms. The predicted molar refractivity (Wildman–Crippen MR) is 116 cm³/mol. The molecule has 0 radical (unpaired) electrons. The van der Waals surface area contributed by atoms with E-state index >= 15 is 0 Å². The number of nitrogens with zero attached hydrogens (tertiary/aromatic N) is 1. The van der Waals surface area contributed by atoms with Crippen molar-refractivity contribution in [3.05, 3.63) is 87.5 Å². The van der Waals surface area contributed by atoms with Crippen molar-refractivity contribution in [2.45, 2.75) is 5.75 Å². The van der Waals surface area contributed by atoms with Gasteiger partial charge in [-0.15, -0.1) is 0 Å². The fourth-order valence-electron chi connectivity index (χ4n) is 2.62. The third-order valence-electron chi connectivity index (χ3n) is 4.06. The third kappa shape index (κ3) is 4.77. The van der Waals surface area contributed by atoms with E-state index in [1.807, 2.05) is 0 Å². The molecule has 0 aliphatic heterocycles. The van der Waals surface area contributed by atoms with Gasteiger partial charge in [0, 0.05) is 16.2 Å². The highest BCUT2D eigenvalue weighted by Gasteiger charge is 2.26. The molecule has 6 nitrogen and oxygen atoms in total. The summed E-state index contributed by atoms with van der Waals surface area (Å²) in [5.74, 6) is -3.66. The van der Waals surface area contributed by atoms with Crippen LogP contribution < -0.4 is 10.5 Å². The lowest BCUT2D eigenvalue weighted by Crippen LogP contribution is -2.21. The van der Waals surface area contributed by atoms with Crippen LogP contribution in [0.4, 0.5) is 20.3 Å². The van der Waals surface area contributed by atoms with Gasteiger partial charge in [0.25, 0.3) is 0 Å². The fourth-order valence-corrected chi connectivity index (χ4v) is 3.92. The number of pyridine rings is 1. The standard InChI is InChI=1S/C20H15BrF2N4O2S/c21-12-8-13(20(25)26-9-12)18(24)19(28)16-14(22)6-7-15(17(16)23)27-30(29)10-11-4-2-1-3-5-11/h1-9,24,27H,10H2,(H2,25,26). The van der Waals surface area contributed by atoms with Gasteiger partial charge >= 0.3 is 0 Å². The smallest absolute Gasteiger partial charge is 0.217 e. The van der Waals surface area contributed by atoms with E-state index in [0.717, 1.165) is 17.7 Å². The Bertz CT molecular complexity index is 1160. The Hall–Kier alpha value is -2.98. The predicted octanol–water partition coefficient (Wildman–Crippen LogP) is 4.23. The van der Waals surface area contributed by atoms with Gasteiger partial charge in [-0.2, -0.15) is 0 Å². The summed E-state index contributed by atoms with van der Waals surface area (Å²) in [5, 5.41) is 8.06. The summed E-state index contributed by atoms with van der Waals surface area (Å²) in [4.78, 5) is 16.5. The van der Waals surface area contributed by atoms with Crippen molar-refractivity contribution in [2.75, 3.05) is 10.5 Å². The highest BCUT2D eigenvalue weighted by atomic mass is 79.9. The first kappa shape index (κ1) is 21.7. The lowest BCUT2D eigenvalue weighted by molar-refractivity contribution is 0.105. The van der Waals surface area contributed by atoms with E-state index in [-0.39, 0.29) is 22.8 Å². The summed E-state index contributed by atoms with van der Waals surface area (Å²) in [6, 6.07) is 12.1. The molecule has 0 saturated heterocycles. The number of hydrogen-bond donors (Lipinski definition) is 3. The van der Waals surface area contributed by atoms with Gasteiger partial charge in [0.05, 0.1) is 17.0 Å². The van der Waals surface area contributed by atoms with Crippen LogP contribution in [0.3, 0.4) is 0 Å². The maximum Gasteiger partial charge on any atom is 0.217 e. The van der Waals surface area contributed by atoms with E-state index in [0.29, 0.717) is 4.47 Å². The van der Waals surface area contributed by atoms with Crippen molar-refractivity contribution < 1.29 is 17.8 Å². The van der Waals surface area contributed by atoms with E-state index in [9.17, 15) is 17.8 Å². The minimum atomic E-state index is -1.73. The molecule has 2 aromatic carbocycles.